The third kappa shape index (κ3) is 7.12. The van der Waals surface area contributed by atoms with Gasteiger partial charge in [0.1, 0.15) is 0 Å². The lowest BCUT2D eigenvalue weighted by Crippen LogP contribution is -2.39. The molecule has 0 aliphatic rings. The lowest BCUT2D eigenvalue weighted by atomic mass is 10.1. The van der Waals surface area contributed by atoms with Crippen LogP contribution in [-0.2, 0) is 21.4 Å². The first-order valence-electron chi connectivity index (χ1n) is 9.92. The number of hydrazone groups is 1. The van der Waals surface area contributed by atoms with Crippen LogP contribution in [0.5, 0.6) is 0 Å². The van der Waals surface area contributed by atoms with Crippen molar-refractivity contribution in [3.05, 3.63) is 97.9 Å². The van der Waals surface area contributed by atoms with Gasteiger partial charge in [0.25, 0.3) is 5.91 Å². The Labute approximate surface area is 220 Å². The van der Waals surface area contributed by atoms with E-state index in [-0.39, 0.29) is 27.6 Å². The second kappa shape index (κ2) is 11.8. The van der Waals surface area contributed by atoms with Crippen molar-refractivity contribution >= 4 is 67.2 Å². The lowest BCUT2D eigenvalue weighted by Gasteiger charge is -2.22. The van der Waals surface area contributed by atoms with Crippen molar-refractivity contribution in [2.75, 3.05) is 6.54 Å². The number of rotatable bonds is 9. The summed E-state index contributed by atoms with van der Waals surface area (Å²) in [5.74, 6) is -1.88. The predicted molar refractivity (Wildman–Crippen MR) is 137 cm³/mol. The number of carboxylic acids is 1. The van der Waals surface area contributed by atoms with E-state index in [4.69, 9.17) is 23.2 Å². The second-order valence-corrected chi connectivity index (χ2v) is 10.8. The predicted octanol–water partition coefficient (Wildman–Crippen LogP) is 4.80. The van der Waals surface area contributed by atoms with Crippen LogP contribution in [0.1, 0.15) is 21.5 Å². The third-order valence-electron chi connectivity index (χ3n) is 4.72. The Morgan fingerprint density at radius 2 is 1.74 bits per heavy atom. The number of benzene rings is 3. The Morgan fingerprint density at radius 1 is 1.06 bits per heavy atom. The monoisotopic (exact) mass is 597 g/mol. The van der Waals surface area contributed by atoms with Gasteiger partial charge in [0, 0.05) is 26.6 Å². The van der Waals surface area contributed by atoms with Crippen LogP contribution in [0, 0.1) is 0 Å². The third-order valence-corrected chi connectivity index (χ3v) is 7.64. The van der Waals surface area contributed by atoms with Gasteiger partial charge in [-0.1, -0.05) is 63.4 Å². The molecular formula is C23H18BrCl2N3O5S. The van der Waals surface area contributed by atoms with Gasteiger partial charge >= 0.3 is 5.97 Å². The van der Waals surface area contributed by atoms with E-state index in [1.165, 1.54) is 36.5 Å². The molecule has 0 saturated carbocycles. The van der Waals surface area contributed by atoms with E-state index < -0.39 is 28.4 Å². The normalized spacial score (nSPS) is 11.7. The molecule has 0 aliphatic heterocycles. The van der Waals surface area contributed by atoms with Crippen LogP contribution < -0.4 is 5.43 Å². The van der Waals surface area contributed by atoms with Gasteiger partial charge in [-0.25, -0.2) is 18.6 Å². The zero-order valence-corrected chi connectivity index (χ0v) is 21.8. The number of hydrogen-bond donors (Lipinski definition) is 2. The summed E-state index contributed by atoms with van der Waals surface area (Å²) >= 11 is 15.4. The fourth-order valence-electron chi connectivity index (χ4n) is 3.00. The van der Waals surface area contributed by atoms with Crippen LogP contribution in [-0.4, -0.2) is 42.5 Å². The van der Waals surface area contributed by atoms with E-state index in [0.29, 0.717) is 15.1 Å². The molecule has 0 saturated heterocycles. The van der Waals surface area contributed by atoms with Crippen molar-refractivity contribution in [1.29, 1.82) is 0 Å². The Bertz CT molecular complexity index is 1380. The fraction of sp³-hybridized carbons (Fsp3) is 0.0870. The van der Waals surface area contributed by atoms with Crippen LogP contribution in [0.4, 0.5) is 0 Å². The first-order chi connectivity index (χ1) is 16.6. The number of nitrogens with one attached hydrogen (secondary N) is 1. The van der Waals surface area contributed by atoms with E-state index in [9.17, 15) is 23.1 Å². The largest absolute Gasteiger partial charge is 0.478 e. The van der Waals surface area contributed by atoms with Crippen molar-refractivity contribution in [2.45, 2.75) is 11.4 Å². The summed E-state index contributed by atoms with van der Waals surface area (Å²) in [6.45, 7) is -0.775. The minimum Gasteiger partial charge on any atom is -0.478 e. The van der Waals surface area contributed by atoms with Gasteiger partial charge in [-0.05, 0) is 48.0 Å². The van der Waals surface area contributed by atoms with E-state index in [1.807, 2.05) is 0 Å². The van der Waals surface area contributed by atoms with Crippen LogP contribution in [0.15, 0.2) is 81.2 Å². The number of nitrogens with zero attached hydrogens (tertiary/aromatic N) is 2. The highest BCUT2D eigenvalue weighted by Gasteiger charge is 2.27. The zero-order chi connectivity index (χ0) is 25.6. The number of sulfonamides is 1. The van der Waals surface area contributed by atoms with Crippen LogP contribution in [0.25, 0.3) is 0 Å². The second-order valence-electron chi connectivity index (χ2n) is 7.15. The molecule has 0 aliphatic carbocycles. The molecule has 3 aromatic rings. The van der Waals surface area contributed by atoms with Crippen molar-refractivity contribution < 1.29 is 23.1 Å². The Kier molecular flexibility index (Phi) is 9.03. The molecule has 0 bridgehead atoms. The molecule has 0 heterocycles. The molecular weight excluding hydrogens is 581 g/mol. The van der Waals surface area contributed by atoms with Gasteiger partial charge in [0.15, 0.2) is 0 Å². The van der Waals surface area contributed by atoms with Crippen LogP contribution in [0.2, 0.25) is 10.0 Å². The molecule has 0 radical (unpaired) electrons. The van der Waals surface area contributed by atoms with Crippen LogP contribution >= 0.6 is 39.1 Å². The minimum absolute atomic E-state index is 0.00215. The van der Waals surface area contributed by atoms with Gasteiger partial charge in [0.05, 0.1) is 23.2 Å². The maximum Gasteiger partial charge on any atom is 0.336 e. The first-order valence-corrected chi connectivity index (χ1v) is 12.9. The highest BCUT2D eigenvalue weighted by atomic mass is 79.9. The summed E-state index contributed by atoms with van der Waals surface area (Å²) < 4.78 is 28.3. The number of carbonyl (C=O) groups is 2. The maximum atomic E-state index is 13.3. The van der Waals surface area contributed by atoms with E-state index in [0.717, 1.165) is 4.31 Å². The lowest BCUT2D eigenvalue weighted by molar-refractivity contribution is -0.121. The summed E-state index contributed by atoms with van der Waals surface area (Å²) in [6, 6.07) is 16.7. The van der Waals surface area contributed by atoms with Crippen LogP contribution in [0.3, 0.4) is 0 Å². The van der Waals surface area contributed by atoms with Gasteiger partial charge in [-0.3, -0.25) is 4.79 Å². The smallest absolute Gasteiger partial charge is 0.336 e. The molecule has 35 heavy (non-hydrogen) atoms. The quantitative estimate of drug-likeness (QED) is 0.271. The minimum atomic E-state index is -4.10. The van der Waals surface area contributed by atoms with Crippen molar-refractivity contribution in [1.82, 2.24) is 9.73 Å². The number of hydrogen-bond acceptors (Lipinski definition) is 5. The average molecular weight is 599 g/mol. The fourth-order valence-corrected chi connectivity index (χ4v) is 5.10. The number of aromatic carboxylic acids is 1. The van der Waals surface area contributed by atoms with Crippen molar-refractivity contribution in [3.63, 3.8) is 0 Å². The molecule has 12 heteroatoms. The van der Waals surface area contributed by atoms with Gasteiger partial charge < -0.3 is 5.11 Å². The molecule has 8 nitrogen and oxygen atoms in total. The Balaban J connectivity index is 1.84. The number of carbonyl (C=O) groups excluding carboxylic acids is 1. The summed E-state index contributed by atoms with van der Waals surface area (Å²) in [4.78, 5) is 23.9. The standard InChI is InChI=1S/C23H18BrCl2N3O5S/c24-17-6-9-19(10-7-17)35(33,34)29(13-16-5-8-18(25)11-21(16)26)14-22(30)28-27-12-15-3-1-2-4-20(15)23(31)32/h1-12H,13-14H2,(H,28,30)(H,31,32)/b27-12+. The highest BCUT2D eigenvalue weighted by molar-refractivity contribution is 9.10. The molecule has 0 spiro atoms. The highest BCUT2D eigenvalue weighted by Crippen LogP contribution is 2.25. The SMILES string of the molecule is O=C(CN(Cc1ccc(Cl)cc1Cl)S(=O)(=O)c1ccc(Br)cc1)N/N=C/c1ccccc1C(=O)O. The Morgan fingerprint density at radius 3 is 2.40 bits per heavy atom. The molecule has 3 aromatic carbocycles. The molecule has 0 aromatic heterocycles. The summed E-state index contributed by atoms with van der Waals surface area (Å²) in [5, 5.41) is 13.7. The number of carboxylic acid groups (broad SMARTS) is 1. The van der Waals surface area contributed by atoms with Crippen molar-refractivity contribution in [2.24, 2.45) is 5.10 Å². The molecule has 0 fully saturated rings. The molecule has 3 rings (SSSR count). The Hall–Kier alpha value is -2.76. The molecule has 182 valence electrons. The maximum absolute atomic E-state index is 13.3. The van der Waals surface area contributed by atoms with Gasteiger partial charge in [0.2, 0.25) is 10.0 Å². The zero-order valence-electron chi connectivity index (χ0n) is 17.9. The van der Waals surface area contributed by atoms with E-state index in [1.54, 1.807) is 36.4 Å². The van der Waals surface area contributed by atoms with Gasteiger partial charge in [-0.15, -0.1) is 0 Å². The summed E-state index contributed by atoms with van der Waals surface area (Å²) in [7, 11) is -4.10. The molecule has 2 N–H and O–H groups in total. The average Bonchev–Trinajstić information content (AvgIpc) is 2.80. The number of amides is 1. The molecule has 0 atom stereocenters. The summed E-state index contributed by atoms with van der Waals surface area (Å²) in [6.07, 6.45) is 1.17. The summed E-state index contributed by atoms with van der Waals surface area (Å²) in [5.41, 5.74) is 2.96. The number of halogens is 3. The van der Waals surface area contributed by atoms with Crippen molar-refractivity contribution in [3.8, 4) is 0 Å². The topological polar surface area (TPSA) is 116 Å². The van der Waals surface area contributed by atoms with E-state index >= 15 is 0 Å². The molecule has 0 unspecified atom stereocenters. The van der Waals surface area contributed by atoms with Gasteiger partial charge in [-0.2, -0.15) is 9.41 Å². The van der Waals surface area contributed by atoms with E-state index in [2.05, 4.69) is 26.5 Å². The molecule has 1 amide bonds. The first kappa shape index (κ1) is 26.8.